The molecule has 0 aromatic rings. The molecule has 0 radical (unpaired) electrons. The van der Waals surface area contributed by atoms with E-state index >= 15 is 0 Å². The van der Waals surface area contributed by atoms with Gasteiger partial charge in [-0.25, -0.2) is 0 Å². The molecule has 1 nitrogen and oxygen atoms in total. The molecule has 0 atom stereocenters. The van der Waals surface area contributed by atoms with E-state index in [4.69, 9.17) is 0 Å². The van der Waals surface area contributed by atoms with Gasteiger partial charge in [0, 0.05) is 25.8 Å². The van der Waals surface area contributed by atoms with E-state index in [-0.39, 0.29) is 25.8 Å². The standard InChI is InChI=1S/C8H19N.Hf/c1-3-5-7-9-8-6-4-2;/h9H,3-8H2,1-2H3;. The van der Waals surface area contributed by atoms with Gasteiger partial charge < -0.3 is 5.32 Å². The summed E-state index contributed by atoms with van der Waals surface area (Å²) < 4.78 is 0. The van der Waals surface area contributed by atoms with Crippen molar-refractivity contribution in [3.8, 4) is 0 Å². The Hall–Kier alpha value is 0.830. The van der Waals surface area contributed by atoms with E-state index < -0.39 is 0 Å². The molecule has 2 heteroatoms. The number of rotatable bonds is 6. The third kappa shape index (κ3) is 11.6. The van der Waals surface area contributed by atoms with E-state index in [1.165, 1.54) is 38.8 Å². The fourth-order valence-electron chi connectivity index (χ4n) is 0.729. The number of hydrogen-bond donors (Lipinski definition) is 1. The number of nitrogens with one attached hydrogen (secondary N) is 1. The Kier molecular flexibility index (Phi) is 16.8. The van der Waals surface area contributed by atoms with Crippen LogP contribution in [0.2, 0.25) is 0 Å². The van der Waals surface area contributed by atoms with E-state index in [9.17, 15) is 0 Å². The van der Waals surface area contributed by atoms with E-state index in [0.29, 0.717) is 0 Å². The van der Waals surface area contributed by atoms with Crippen molar-refractivity contribution in [3.05, 3.63) is 0 Å². The largest absolute Gasteiger partial charge is 0.317 e. The van der Waals surface area contributed by atoms with Crippen LogP contribution in [0.15, 0.2) is 0 Å². The maximum atomic E-state index is 3.39. The van der Waals surface area contributed by atoms with Gasteiger partial charge in [-0.2, -0.15) is 0 Å². The van der Waals surface area contributed by atoms with Crippen molar-refractivity contribution >= 4 is 0 Å². The fraction of sp³-hybridized carbons (Fsp3) is 1.00. The second kappa shape index (κ2) is 12.5. The van der Waals surface area contributed by atoms with E-state index in [1.807, 2.05) is 0 Å². The molecule has 0 unspecified atom stereocenters. The Labute approximate surface area is 83.8 Å². The van der Waals surface area contributed by atoms with Crippen molar-refractivity contribution in [2.24, 2.45) is 0 Å². The summed E-state index contributed by atoms with van der Waals surface area (Å²) in [7, 11) is 0. The first-order valence-corrected chi connectivity index (χ1v) is 4.12. The van der Waals surface area contributed by atoms with Crippen molar-refractivity contribution < 1.29 is 25.8 Å². The molecule has 0 aromatic heterocycles. The summed E-state index contributed by atoms with van der Waals surface area (Å²) in [6.07, 6.45) is 5.26. The Bertz CT molecular complexity index is 42.5. The molecule has 1 N–H and O–H groups in total. The van der Waals surface area contributed by atoms with Crippen LogP contribution in [0.4, 0.5) is 0 Å². The van der Waals surface area contributed by atoms with Gasteiger partial charge in [-0.1, -0.05) is 26.7 Å². The van der Waals surface area contributed by atoms with Crippen LogP contribution < -0.4 is 5.32 Å². The molecule has 0 fully saturated rings. The number of hydrogen-bond acceptors (Lipinski definition) is 1. The first kappa shape index (κ1) is 13.4. The molecule has 0 saturated heterocycles. The molecule has 0 aliphatic heterocycles. The monoisotopic (exact) mass is 309 g/mol. The molecule has 0 heterocycles. The van der Waals surface area contributed by atoms with Crippen molar-refractivity contribution in [3.63, 3.8) is 0 Å². The average molecular weight is 308 g/mol. The van der Waals surface area contributed by atoms with Crippen LogP contribution in [-0.4, -0.2) is 13.1 Å². The zero-order valence-electron chi connectivity index (χ0n) is 7.24. The molecule has 0 aliphatic rings. The molecule has 0 bridgehead atoms. The van der Waals surface area contributed by atoms with Crippen molar-refractivity contribution in [1.82, 2.24) is 5.32 Å². The van der Waals surface area contributed by atoms with Gasteiger partial charge in [0.05, 0.1) is 0 Å². The molecule has 0 aliphatic carbocycles. The summed E-state index contributed by atoms with van der Waals surface area (Å²) in [6, 6.07) is 0. The van der Waals surface area contributed by atoms with Crippen LogP contribution in [-0.2, 0) is 25.8 Å². The predicted molar refractivity (Wildman–Crippen MR) is 42.7 cm³/mol. The van der Waals surface area contributed by atoms with Crippen LogP contribution >= 0.6 is 0 Å². The molecule has 0 saturated carbocycles. The van der Waals surface area contributed by atoms with Gasteiger partial charge in [0.2, 0.25) is 0 Å². The summed E-state index contributed by atoms with van der Waals surface area (Å²) in [5.41, 5.74) is 0. The fourth-order valence-corrected chi connectivity index (χ4v) is 0.729. The second-order valence-corrected chi connectivity index (χ2v) is 2.46. The van der Waals surface area contributed by atoms with Crippen LogP contribution in [0.1, 0.15) is 39.5 Å². The van der Waals surface area contributed by atoms with Crippen molar-refractivity contribution in [1.29, 1.82) is 0 Å². The molecule has 10 heavy (non-hydrogen) atoms. The van der Waals surface area contributed by atoms with Gasteiger partial charge in [0.15, 0.2) is 0 Å². The Balaban J connectivity index is 0. The SMILES string of the molecule is CCCCNCCCC.[Hf]. The topological polar surface area (TPSA) is 12.0 Å². The van der Waals surface area contributed by atoms with Gasteiger partial charge in [0.1, 0.15) is 0 Å². The molecule has 0 rings (SSSR count). The molecule has 0 amide bonds. The summed E-state index contributed by atoms with van der Waals surface area (Å²) >= 11 is 0. The molecular formula is C8H19HfN. The van der Waals surface area contributed by atoms with Crippen molar-refractivity contribution in [2.45, 2.75) is 39.5 Å². The van der Waals surface area contributed by atoms with E-state index in [2.05, 4.69) is 19.2 Å². The Morgan fingerprint density at radius 2 is 1.30 bits per heavy atom. The normalized spacial score (nSPS) is 9.00. The smallest absolute Gasteiger partial charge is 0 e. The van der Waals surface area contributed by atoms with Gasteiger partial charge >= 0.3 is 0 Å². The first-order chi connectivity index (χ1) is 4.41. The minimum Gasteiger partial charge on any atom is -0.317 e. The van der Waals surface area contributed by atoms with Gasteiger partial charge in [-0.05, 0) is 25.9 Å². The minimum atomic E-state index is 0. The quantitative estimate of drug-likeness (QED) is 0.586. The maximum absolute atomic E-state index is 3.39. The Morgan fingerprint density at radius 3 is 1.60 bits per heavy atom. The molecule has 0 spiro atoms. The molecular weight excluding hydrogens is 289 g/mol. The third-order valence-electron chi connectivity index (χ3n) is 1.41. The van der Waals surface area contributed by atoms with Gasteiger partial charge in [0.25, 0.3) is 0 Å². The molecule has 0 aromatic carbocycles. The zero-order chi connectivity index (χ0) is 6.95. The van der Waals surface area contributed by atoms with E-state index in [1.54, 1.807) is 0 Å². The minimum absolute atomic E-state index is 0. The van der Waals surface area contributed by atoms with Crippen LogP contribution in [0, 0.1) is 0 Å². The predicted octanol–water partition coefficient (Wildman–Crippen LogP) is 2.17. The summed E-state index contributed by atoms with van der Waals surface area (Å²) in [5.74, 6) is 0. The average Bonchev–Trinajstić information content (AvgIpc) is 1.89. The first-order valence-electron chi connectivity index (χ1n) is 4.12. The van der Waals surface area contributed by atoms with Crippen LogP contribution in [0.5, 0.6) is 0 Å². The van der Waals surface area contributed by atoms with E-state index in [0.717, 1.165) is 0 Å². The zero-order valence-corrected chi connectivity index (χ0v) is 10.8. The third-order valence-corrected chi connectivity index (χ3v) is 1.41. The van der Waals surface area contributed by atoms with Crippen LogP contribution in [0.25, 0.3) is 0 Å². The maximum Gasteiger partial charge on any atom is 0 e. The summed E-state index contributed by atoms with van der Waals surface area (Å²) in [5, 5.41) is 3.39. The summed E-state index contributed by atoms with van der Waals surface area (Å²) in [4.78, 5) is 0. The number of unbranched alkanes of at least 4 members (excludes halogenated alkanes) is 2. The van der Waals surface area contributed by atoms with Crippen LogP contribution in [0.3, 0.4) is 0 Å². The van der Waals surface area contributed by atoms with Crippen molar-refractivity contribution in [2.75, 3.05) is 13.1 Å². The molecule has 60 valence electrons. The Morgan fingerprint density at radius 1 is 0.900 bits per heavy atom. The second-order valence-electron chi connectivity index (χ2n) is 2.46. The van der Waals surface area contributed by atoms with Gasteiger partial charge in [-0.15, -0.1) is 0 Å². The summed E-state index contributed by atoms with van der Waals surface area (Å²) in [6.45, 7) is 6.86. The van der Waals surface area contributed by atoms with Gasteiger partial charge in [-0.3, -0.25) is 0 Å².